The summed E-state index contributed by atoms with van der Waals surface area (Å²) in [6.07, 6.45) is 1.62. The van der Waals surface area contributed by atoms with Crippen LogP contribution in [0.5, 0.6) is 5.75 Å². The quantitative estimate of drug-likeness (QED) is 0.121. The maximum atomic E-state index is 14.1. The van der Waals surface area contributed by atoms with E-state index in [2.05, 4.69) is 0 Å². The Morgan fingerprint density at radius 1 is 1.07 bits per heavy atom. The van der Waals surface area contributed by atoms with Gasteiger partial charge in [-0.2, -0.15) is 0 Å². The highest BCUT2D eigenvalue weighted by Crippen LogP contribution is 2.36. The number of benzene rings is 3. The van der Waals surface area contributed by atoms with Crippen molar-refractivity contribution >= 4 is 34.8 Å². The summed E-state index contributed by atoms with van der Waals surface area (Å²) in [5, 5.41) is 11.6. The number of hydrogen-bond acceptors (Lipinski definition) is 9. The molecule has 0 aliphatic carbocycles. The van der Waals surface area contributed by atoms with Crippen LogP contribution < -0.4 is 19.6 Å². The lowest BCUT2D eigenvalue weighted by atomic mass is 9.93. The number of esters is 1. The van der Waals surface area contributed by atoms with E-state index in [1.807, 2.05) is 55.5 Å². The zero-order valence-corrected chi connectivity index (χ0v) is 26.3. The van der Waals surface area contributed by atoms with Crippen LogP contribution in [0.4, 0.5) is 5.69 Å². The minimum atomic E-state index is -0.832. The van der Waals surface area contributed by atoms with Crippen molar-refractivity contribution in [2.75, 3.05) is 13.7 Å². The zero-order chi connectivity index (χ0) is 32.5. The topological polar surface area (TPSA) is 126 Å². The van der Waals surface area contributed by atoms with Gasteiger partial charge in [-0.1, -0.05) is 53.8 Å². The summed E-state index contributed by atoms with van der Waals surface area (Å²) in [5.74, 6) is 0.870. The molecule has 1 unspecified atom stereocenters. The molecule has 0 N–H and O–H groups in total. The predicted molar refractivity (Wildman–Crippen MR) is 174 cm³/mol. The Morgan fingerprint density at radius 3 is 2.48 bits per heavy atom. The van der Waals surface area contributed by atoms with Crippen LogP contribution in [0.25, 0.3) is 23.1 Å². The van der Waals surface area contributed by atoms with Crippen LogP contribution in [-0.2, 0) is 9.53 Å². The highest BCUT2D eigenvalue weighted by atomic mass is 32.1. The summed E-state index contributed by atoms with van der Waals surface area (Å²) < 4.78 is 18.8. The van der Waals surface area contributed by atoms with E-state index in [0.717, 1.165) is 5.56 Å². The van der Waals surface area contributed by atoms with Crippen molar-refractivity contribution in [3.63, 3.8) is 0 Å². The lowest BCUT2D eigenvalue weighted by Crippen LogP contribution is -2.40. The number of hydrogen-bond donors (Lipinski definition) is 0. The number of aromatic nitrogens is 1. The third kappa shape index (κ3) is 5.56. The molecular weight excluding hydrogens is 606 g/mol. The standard InChI is InChI=1S/C35H29N3O7S/c1-5-44-34(40)30-31(22-9-7-6-8-10-22)36-35-37(32(30)23-11-13-25(43-4)14-12-23)33(39)29(46-35)19-26-15-16-28(45-26)24-17-20(2)21(3)27(18-24)38(41)42/h6-19,32H,5H2,1-4H3/b29-19-. The van der Waals surface area contributed by atoms with Crippen LogP contribution in [0.3, 0.4) is 0 Å². The van der Waals surface area contributed by atoms with Crippen LogP contribution in [0.1, 0.15) is 41.0 Å². The molecule has 5 aromatic rings. The number of nitrogens with zero attached hydrogens (tertiary/aromatic N) is 3. The second-order valence-corrected chi connectivity index (χ2v) is 11.6. The molecule has 46 heavy (non-hydrogen) atoms. The fourth-order valence-corrected chi connectivity index (χ4v) is 6.41. The third-order valence-electron chi connectivity index (χ3n) is 7.83. The van der Waals surface area contributed by atoms with Crippen LogP contribution in [0, 0.1) is 24.0 Å². The van der Waals surface area contributed by atoms with E-state index in [1.54, 1.807) is 51.3 Å². The Labute approximate surface area is 267 Å². The van der Waals surface area contributed by atoms with Crippen molar-refractivity contribution in [3.8, 4) is 17.1 Å². The monoisotopic (exact) mass is 635 g/mol. The Balaban J connectivity index is 1.53. The summed E-state index contributed by atoms with van der Waals surface area (Å²) in [6, 6.07) is 22.4. The number of fused-ring (bicyclic) bond motifs is 1. The number of carbonyl (C=O) groups excluding carboxylic acids is 1. The minimum absolute atomic E-state index is 0.00594. The van der Waals surface area contributed by atoms with Gasteiger partial charge in [0.15, 0.2) is 4.80 Å². The molecule has 232 valence electrons. The second-order valence-electron chi connectivity index (χ2n) is 10.6. The lowest BCUT2D eigenvalue weighted by molar-refractivity contribution is -0.385. The fourth-order valence-electron chi connectivity index (χ4n) is 5.43. The summed E-state index contributed by atoms with van der Waals surface area (Å²) in [6.45, 7) is 5.39. The van der Waals surface area contributed by atoms with Gasteiger partial charge >= 0.3 is 5.97 Å². The lowest BCUT2D eigenvalue weighted by Gasteiger charge is -2.26. The van der Waals surface area contributed by atoms with Crippen molar-refractivity contribution in [1.29, 1.82) is 0 Å². The number of carbonyl (C=O) groups is 1. The number of methoxy groups -OCH3 is 1. The maximum Gasteiger partial charge on any atom is 0.338 e. The van der Waals surface area contributed by atoms with Crippen LogP contribution >= 0.6 is 11.3 Å². The number of nitro benzene ring substituents is 1. The molecule has 0 bridgehead atoms. The molecule has 0 spiro atoms. The van der Waals surface area contributed by atoms with Gasteiger partial charge in [-0.05, 0) is 62.2 Å². The number of nitro groups is 1. The first-order chi connectivity index (χ1) is 22.2. The average Bonchev–Trinajstić information content (AvgIpc) is 3.65. The van der Waals surface area contributed by atoms with Gasteiger partial charge in [-0.25, -0.2) is 9.79 Å². The SMILES string of the molecule is CCOC(=O)C1=C(c2ccccc2)N=c2s/c(=C\c3ccc(-c4cc(C)c(C)c([N+](=O)[O-])c4)o3)c(=O)n2C1c1ccc(OC)cc1. The molecule has 3 aromatic carbocycles. The van der Waals surface area contributed by atoms with Crippen molar-refractivity contribution in [2.45, 2.75) is 26.8 Å². The van der Waals surface area contributed by atoms with E-state index in [4.69, 9.17) is 18.9 Å². The van der Waals surface area contributed by atoms with Gasteiger partial charge in [0.05, 0.1) is 40.5 Å². The van der Waals surface area contributed by atoms with Gasteiger partial charge in [0.2, 0.25) is 0 Å². The van der Waals surface area contributed by atoms with Crippen LogP contribution in [0.15, 0.2) is 98.6 Å². The second kappa shape index (κ2) is 12.4. The van der Waals surface area contributed by atoms with E-state index in [9.17, 15) is 19.7 Å². The van der Waals surface area contributed by atoms with Crippen molar-refractivity contribution in [3.05, 3.63) is 142 Å². The molecular formula is C35H29N3O7S. The van der Waals surface area contributed by atoms with Crippen LogP contribution in [0.2, 0.25) is 0 Å². The maximum absolute atomic E-state index is 14.1. The molecule has 0 saturated heterocycles. The molecule has 1 aliphatic rings. The van der Waals surface area contributed by atoms with E-state index >= 15 is 0 Å². The molecule has 0 radical (unpaired) electrons. The predicted octanol–water partition coefficient (Wildman–Crippen LogP) is 5.73. The Morgan fingerprint density at radius 2 is 1.80 bits per heavy atom. The average molecular weight is 636 g/mol. The van der Waals surface area contributed by atoms with E-state index in [0.29, 0.717) is 54.6 Å². The highest BCUT2D eigenvalue weighted by Gasteiger charge is 2.35. The first-order valence-corrected chi connectivity index (χ1v) is 15.3. The smallest absolute Gasteiger partial charge is 0.338 e. The van der Waals surface area contributed by atoms with Crippen molar-refractivity contribution < 1.29 is 23.6 Å². The summed E-state index contributed by atoms with van der Waals surface area (Å²) in [5.41, 5.74) is 3.60. The van der Waals surface area contributed by atoms with Crippen molar-refractivity contribution in [2.24, 2.45) is 4.99 Å². The van der Waals surface area contributed by atoms with Gasteiger partial charge in [0.25, 0.3) is 11.2 Å². The molecule has 1 atom stereocenters. The Hall–Kier alpha value is -5.55. The molecule has 1 aliphatic heterocycles. The van der Waals surface area contributed by atoms with E-state index in [-0.39, 0.29) is 23.4 Å². The largest absolute Gasteiger partial charge is 0.497 e. The first-order valence-electron chi connectivity index (χ1n) is 14.5. The molecule has 11 heteroatoms. The summed E-state index contributed by atoms with van der Waals surface area (Å²) in [4.78, 5) is 44.2. The van der Waals surface area contributed by atoms with Crippen molar-refractivity contribution in [1.82, 2.24) is 4.57 Å². The number of thiazole rings is 1. The van der Waals surface area contributed by atoms with Gasteiger partial charge in [0, 0.05) is 28.8 Å². The summed E-state index contributed by atoms with van der Waals surface area (Å²) in [7, 11) is 1.57. The molecule has 3 heterocycles. The first kappa shape index (κ1) is 30.5. The van der Waals surface area contributed by atoms with E-state index in [1.165, 1.54) is 22.0 Å². The number of ether oxygens (including phenoxy) is 2. The van der Waals surface area contributed by atoms with Gasteiger partial charge in [-0.15, -0.1) is 0 Å². The number of furan rings is 1. The van der Waals surface area contributed by atoms with Crippen LogP contribution in [-0.4, -0.2) is 29.2 Å². The van der Waals surface area contributed by atoms with Gasteiger partial charge in [-0.3, -0.25) is 19.5 Å². The third-order valence-corrected chi connectivity index (χ3v) is 8.81. The van der Waals surface area contributed by atoms with Gasteiger partial charge < -0.3 is 13.9 Å². The molecule has 0 amide bonds. The zero-order valence-electron chi connectivity index (χ0n) is 25.5. The molecule has 0 fully saturated rings. The van der Waals surface area contributed by atoms with E-state index < -0.39 is 16.9 Å². The molecule has 2 aromatic heterocycles. The molecule has 0 saturated carbocycles. The number of aryl methyl sites for hydroxylation is 1. The highest BCUT2D eigenvalue weighted by molar-refractivity contribution is 7.07. The summed E-state index contributed by atoms with van der Waals surface area (Å²) >= 11 is 1.17. The fraction of sp³-hybridized carbons (Fsp3) is 0.171. The minimum Gasteiger partial charge on any atom is -0.497 e. The molecule has 6 rings (SSSR count). The Kier molecular flexibility index (Phi) is 8.25. The number of rotatable bonds is 8. The van der Waals surface area contributed by atoms with Gasteiger partial charge in [0.1, 0.15) is 17.3 Å². The molecule has 10 nitrogen and oxygen atoms in total. The Bertz CT molecular complexity index is 2190. The normalized spacial score (nSPS) is 14.5.